The van der Waals surface area contributed by atoms with E-state index in [0.29, 0.717) is 5.92 Å². The number of rotatable bonds is 2. The van der Waals surface area contributed by atoms with Gasteiger partial charge >= 0.3 is 0 Å². The molecule has 2 nitrogen and oxygen atoms in total. The lowest BCUT2D eigenvalue weighted by Gasteiger charge is -2.20. The zero-order valence-corrected chi connectivity index (χ0v) is 8.66. The van der Waals surface area contributed by atoms with Crippen LogP contribution in [0.1, 0.15) is 23.6 Å². The first-order chi connectivity index (χ1) is 6.79. The Morgan fingerprint density at radius 1 is 1.43 bits per heavy atom. The van der Waals surface area contributed by atoms with Gasteiger partial charge in [0.2, 0.25) is 0 Å². The van der Waals surface area contributed by atoms with Crippen LogP contribution in [0.25, 0.3) is 0 Å². The minimum atomic E-state index is 0.200. The average molecular weight is 190 g/mol. The number of hydrogen-bond donors (Lipinski definition) is 2. The van der Waals surface area contributed by atoms with Gasteiger partial charge in [-0.1, -0.05) is 24.3 Å². The van der Waals surface area contributed by atoms with Gasteiger partial charge in [-0.3, -0.25) is 0 Å². The minimum absolute atomic E-state index is 0.200. The fraction of sp³-hybridized carbons (Fsp3) is 0.500. The van der Waals surface area contributed by atoms with E-state index < -0.39 is 0 Å². The van der Waals surface area contributed by atoms with E-state index in [0.717, 1.165) is 13.1 Å². The molecule has 1 aliphatic rings. The zero-order chi connectivity index (χ0) is 9.97. The van der Waals surface area contributed by atoms with Crippen LogP contribution in [-0.4, -0.2) is 13.1 Å². The molecule has 2 rings (SSSR count). The molecule has 1 heterocycles. The summed E-state index contributed by atoms with van der Waals surface area (Å²) in [6, 6.07) is 8.63. The van der Waals surface area contributed by atoms with Crippen molar-refractivity contribution in [3.05, 3.63) is 35.4 Å². The van der Waals surface area contributed by atoms with Crippen LogP contribution in [-0.2, 0) is 0 Å². The van der Waals surface area contributed by atoms with Crippen LogP contribution in [0, 0.1) is 12.8 Å². The molecule has 1 saturated heterocycles. The highest BCUT2D eigenvalue weighted by Gasteiger charge is 2.23. The van der Waals surface area contributed by atoms with Crippen molar-refractivity contribution in [3.63, 3.8) is 0 Å². The molecule has 2 atom stereocenters. The van der Waals surface area contributed by atoms with Crippen molar-refractivity contribution in [2.75, 3.05) is 13.1 Å². The van der Waals surface area contributed by atoms with E-state index in [-0.39, 0.29) is 6.04 Å². The van der Waals surface area contributed by atoms with Gasteiger partial charge in [-0.15, -0.1) is 0 Å². The normalized spacial score (nSPS) is 23.7. The fourth-order valence-corrected chi connectivity index (χ4v) is 2.20. The molecular formula is C12H18N2. The Balaban J connectivity index is 2.17. The molecule has 2 unspecified atom stereocenters. The Kier molecular flexibility index (Phi) is 2.85. The SMILES string of the molecule is Cc1ccccc1C(N)C1CCNC1. The molecule has 3 N–H and O–H groups in total. The van der Waals surface area contributed by atoms with Crippen molar-refractivity contribution in [3.8, 4) is 0 Å². The van der Waals surface area contributed by atoms with E-state index in [1.165, 1.54) is 17.5 Å². The smallest absolute Gasteiger partial charge is 0.0338 e. The lowest BCUT2D eigenvalue weighted by molar-refractivity contribution is 0.468. The molecule has 0 saturated carbocycles. The molecular weight excluding hydrogens is 172 g/mol. The lowest BCUT2D eigenvalue weighted by atomic mass is 9.90. The molecule has 1 aromatic carbocycles. The number of nitrogens with two attached hydrogens (primary N) is 1. The second-order valence-electron chi connectivity index (χ2n) is 4.14. The Morgan fingerprint density at radius 3 is 2.86 bits per heavy atom. The predicted molar refractivity (Wildman–Crippen MR) is 59.1 cm³/mol. The maximum atomic E-state index is 6.26. The van der Waals surface area contributed by atoms with E-state index in [2.05, 4.69) is 36.5 Å². The monoisotopic (exact) mass is 190 g/mol. The largest absolute Gasteiger partial charge is 0.324 e. The van der Waals surface area contributed by atoms with Gasteiger partial charge in [0.15, 0.2) is 0 Å². The first-order valence-corrected chi connectivity index (χ1v) is 5.31. The second-order valence-corrected chi connectivity index (χ2v) is 4.14. The molecule has 0 aliphatic carbocycles. The third-order valence-electron chi connectivity index (χ3n) is 3.15. The van der Waals surface area contributed by atoms with Gasteiger partial charge in [-0.25, -0.2) is 0 Å². The summed E-state index contributed by atoms with van der Waals surface area (Å²) < 4.78 is 0. The molecule has 0 bridgehead atoms. The van der Waals surface area contributed by atoms with Crippen LogP contribution < -0.4 is 11.1 Å². The van der Waals surface area contributed by atoms with Gasteiger partial charge in [-0.2, -0.15) is 0 Å². The summed E-state index contributed by atoms with van der Waals surface area (Å²) in [6.45, 7) is 4.32. The molecule has 76 valence electrons. The van der Waals surface area contributed by atoms with Crippen LogP contribution in [0.5, 0.6) is 0 Å². The fourth-order valence-electron chi connectivity index (χ4n) is 2.20. The molecule has 14 heavy (non-hydrogen) atoms. The quantitative estimate of drug-likeness (QED) is 0.743. The third-order valence-corrected chi connectivity index (χ3v) is 3.15. The van der Waals surface area contributed by atoms with Crippen molar-refractivity contribution < 1.29 is 0 Å². The Bertz CT molecular complexity index is 303. The molecule has 0 spiro atoms. The number of benzene rings is 1. The van der Waals surface area contributed by atoms with Gasteiger partial charge in [0.1, 0.15) is 0 Å². The highest BCUT2D eigenvalue weighted by molar-refractivity contribution is 5.29. The standard InChI is InChI=1S/C12H18N2/c1-9-4-2-3-5-11(9)12(13)10-6-7-14-8-10/h2-5,10,12,14H,6-8,13H2,1H3. The highest BCUT2D eigenvalue weighted by Crippen LogP contribution is 2.26. The van der Waals surface area contributed by atoms with Crippen molar-refractivity contribution in [1.82, 2.24) is 5.32 Å². The number of hydrogen-bond acceptors (Lipinski definition) is 2. The molecule has 1 fully saturated rings. The molecule has 1 aliphatic heterocycles. The topological polar surface area (TPSA) is 38.0 Å². The predicted octanol–water partition coefficient (Wildman–Crippen LogP) is 1.60. The molecule has 1 aromatic rings. The minimum Gasteiger partial charge on any atom is -0.324 e. The Hall–Kier alpha value is -0.860. The van der Waals surface area contributed by atoms with E-state index in [9.17, 15) is 0 Å². The van der Waals surface area contributed by atoms with Gasteiger partial charge < -0.3 is 11.1 Å². The summed E-state index contributed by atoms with van der Waals surface area (Å²) in [5, 5.41) is 3.36. The summed E-state index contributed by atoms with van der Waals surface area (Å²) in [5.41, 5.74) is 8.88. The summed E-state index contributed by atoms with van der Waals surface area (Å²) in [7, 11) is 0. The number of aryl methyl sites for hydroxylation is 1. The van der Waals surface area contributed by atoms with Gasteiger partial charge in [-0.05, 0) is 43.5 Å². The lowest BCUT2D eigenvalue weighted by Crippen LogP contribution is -2.24. The van der Waals surface area contributed by atoms with Crippen LogP contribution >= 0.6 is 0 Å². The summed E-state index contributed by atoms with van der Waals surface area (Å²) in [6.07, 6.45) is 1.20. The first-order valence-electron chi connectivity index (χ1n) is 5.31. The van der Waals surface area contributed by atoms with Gasteiger partial charge in [0.25, 0.3) is 0 Å². The number of nitrogens with one attached hydrogen (secondary N) is 1. The Labute approximate surface area is 85.5 Å². The maximum absolute atomic E-state index is 6.26. The zero-order valence-electron chi connectivity index (χ0n) is 8.66. The average Bonchev–Trinajstić information content (AvgIpc) is 2.70. The molecule has 0 radical (unpaired) electrons. The third kappa shape index (κ3) is 1.81. The van der Waals surface area contributed by atoms with Crippen molar-refractivity contribution >= 4 is 0 Å². The van der Waals surface area contributed by atoms with Crippen molar-refractivity contribution in [2.45, 2.75) is 19.4 Å². The maximum Gasteiger partial charge on any atom is 0.0338 e. The van der Waals surface area contributed by atoms with Gasteiger partial charge in [0, 0.05) is 6.04 Å². The van der Waals surface area contributed by atoms with Crippen molar-refractivity contribution in [1.29, 1.82) is 0 Å². The summed E-state index contributed by atoms with van der Waals surface area (Å²) >= 11 is 0. The summed E-state index contributed by atoms with van der Waals surface area (Å²) in [4.78, 5) is 0. The molecule has 0 amide bonds. The van der Waals surface area contributed by atoms with Gasteiger partial charge in [0.05, 0.1) is 0 Å². The van der Waals surface area contributed by atoms with Crippen LogP contribution in [0.4, 0.5) is 0 Å². The van der Waals surface area contributed by atoms with E-state index in [1.54, 1.807) is 0 Å². The van der Waals surface area contributed by atoms with Crippen LogP contribution in [0.2, 0.25) is 0 Å². The molecule has 2 heteroatoms. The molecule has 0 aromatic heterocycles. The van der Waals surface area contributed by atoms with E-state index >= 15 is 0 Å². The summed E-state index contributed by atoms with van der Waals surface area (Å²) in [5.74, 6) is 0.607. The van der Waals surface area contributed by atoms with Crippen LogP contribution in [0.15, 0.2) is 24.3 Å². The van der Waals surface area contributed by atoms with Crippen molar-refractivity contribution in [2.24, 2.45) is 11.7 Å². The van der Waals surface area contributed by atoms with E-state index in [4.69, 9.17) is 5.73 Å². The first kappa shape index (κ1) is 9.69. The van der Waals surface area contributed by atoms with Crippen LogP contribution in [0.3, 0.4) is 0 Å². The highest BCUT2D eigenvalue weighted by atomic mass is 14.9. The Morgan fingerprint density at radius 2 is 2.21 bits per heavy atom. The van der Waals surface area contributed by atoms with E-state index in [1.807, 2.05) is 0 Å². The second kappa shape index (κ2) is 4.11.